The van der Waals surface area contributed by atoms with Crippen LogP contribution in [0.5, 0.6) is 0 Å². The van der Waals surface area contributed by atoms with Crippen molar-refractivity contribution in [1.82, 2.24) is 0 Å². The number of hydrogen-bond acceptors (Lipinski definition) is 0. The third-order valence-electron chi connectivity index (χ3n) is 1.66. The molecule has 11 heavy (non-hydrogen) atoms. The Morgan fingerprint density at radius 2 is 1.82 bits per heavy atom. The van der Waals surface area contributed by atoms with Crippen LogP contribution in [0.1, 0.15) is 6.92 Å². The fraction of sp³-hybridized carbons (Fsp3) is 0.200. The summed E-state index contributed by atoms with van der Waals surface area (Å²) in [7, 11) is -0.922. The summed E-state index contributed by atoms with van der Waals surface area (Å²) in [5, 5.41) is 1.43. The Kier molecular flexibility index (Phi) is 2.94. The van der Waals surface area contributed by atoms with Crippen LogP contribution >= 0.6 is 0 Å². The Morgan fingerprint density at radius 3 is 2.36 bits per heavy atom. The lowest BCUT2D eigenvalue weighted by molar-refractivity contribution is 1.76. The smallest absolute Gasteiger partial charge is 0.130 e. The van der Waals surface area contributed by atoms with Crippen LogP contribution in [0.4, 0.5) is 0 Å². The van der Waals surface area contributed by atoms with Crippen molar-refractivity contribution < 1.29 is 0 Å². The molecule has 1 unspecified atom stereocenters. The minimum atomic E-state index is -0.922. The Bertz CT molecular complexity index is 266. The largest absolute Gasteiger partial charge is 0.150 e. The molecule has 0 aromatic heterocycles. The average molecular weight is 160 g/mol. The van der Waals surface area contributed by atoms with Gasteiger partial charge >= 0.3 is 0 Å². The fourth-order valence-electron chi connectivity index (χ4n) is 1.04. The van der Waals surface area contributed by atoms with Crippen LogP contribution in [0.2, 0.25) is 6.55 Å². The standard InChI is InChI=1S/C10H12Si/c1-3-9-11(2)10-7-5-4-6-8-10/h4-8,11H,1-2H3. The minimum Gasteiger partial charge on any atom is -0.130 e. The van der Waals surface area contributed by atoms with E-state index in [1.54, 1.807) is 0 Å². The lowest BCUT2D eigenvalue weighted by atomic mass is 10.4. The molecule has 0 nitrogen and oxygen atoms in total. The molecule has 0 saturated carbocycles. The summed E-state index contributed by atoms with van der Waals surface area (Å²) < 4.78 is 0. The van der Waals surface area contributed by atoms with Gasteiger partial charge in [-0.1, -0.05) is 36.9 Å². The van der Waals surface area contributed by atoms with Gasteiger partial charge in [-0.2, -0.15) is 0 Å². The average Bonchev–Trinajstić information content (AvgIpc) is 2.07. The van der Waals surface area contributed by atoms with E-state index in [9.17, 15) is 0 Å². The molecule has 0 fully saturated rings. The molecule has 0 heterocycles. The van der Waals surface area contributed by atoms with Gasteiger partial charge in [0.05, 0.1) is 0 Å². The second kappa shape index (κ2) is 4.00. The van der Waals surface area contributed by atoms with Crippen LogP contribution in [0.3, 0.4) is 0 Å². The molecule has 0 N–H and O–H groups in total. The van der Waals surface area contributed by atoms with Gasteiger partial charge in [0.25, 0.3) is 0 Å². The maximum Gasteiger partial charge on any atom is 0.150 e. The predicted molar refractivity (Wildman–Crippen MR) is 52.5 cm³/mol. The minimum absolute atomic E-state index is 0.922. The topological polar surface area (TPSA) is 0 Å². The van der Waals surface area contributed by atoms with Gasteiger partial charge in [0.15, 0.2) is 0 Å². The van der Waals surface area contributed by atoms with E-state index in [2.05, 4.69) is 42.3 Å². The van der Waals surface area contributed by atoms with Crippen LogP contribution in [-0.2, 0) is 0 Å². The molecule has 0 bridgehead atoms. The highest BCUT2D eigenvalue weighted by Crippen LogP contribution is 1.86. The van der Waals surface area contributed by atoms with Crippen molar-refractivity contribution in [2.24, 2.45) is 0 Å². The van der Waals surface area contributed by atoms with Gasteiger partial charge < -0.3 is 0 Å². The molecule has 0 aliphatic carbocycles. The molecule has 0 saturated heterocycles. The quantitative estimate of drug-likeness (QED) is 0.429. The van der Waals surface area contributed by atoms with Crippen molar-refractivity contribution in [3.63, 3.8) is 0 Å². The first kappa shape index (κ1) is 8.10. The van der Waals surface area contributed by atoms with Crippen LogP contribution in [0.25, 0.3) is 0 Å². The van der Waals surface area contributed by atoms with Gasteiger partial charge in [-0.25, -0.2) is 0 Å². The lowest BCUT2D eigenvalue weighted by Crippen LogP contribution is -2.24. The maximum absolute atomic E-state index is 3.25. The van der Waals surface area contributed by atoms with Crippen LogP contribution in [0.15, 0.2) is 30.3 Å². The van der Waals surface area contributed by atoms with Crippen molar-refractivity contribution in [3.8, 4) is 11.5 Å². The molecule has 1 aromatic rings. The van der Waals surface area contributed by atoms with E-state index >= 15 is 0 Å². The van der Waals surface area contributed by atoms with E-state index < -0.39 is 8.80 Å². The summed E-state index contributed by atoms with van der Waals surface area (Å²) in [6, 6.07) is 10.5. The third kappa shape index (κ3) is 2.25. The predicted octanol–water partition coefficient (Wildman–Crippen LogP) is 1.31. The summed E-state index contributed by atoms with van der Waals surface area (Å²) >= 11 is 0. The summed E-state index contributed by atoms with van der Waals surface area (Å²) in [6.45, 7) is 4.16. The van der Waals surface area contributed by atoms with Gasteiger partial charge in [-0.3, -0.25) is 0 Å². The van der Waals surface area contributed by atoms with Crippen LogP contribution in [-0.4, -0.2) is 8.80 Å². The monoisotopic (exact) mass is 160 g/mol. The van der Waals surface area contributed by atoms with E-state index in [0.717, 1.165) is 0 Å². The normalized spacial score (nSPS) is 11.5. The van der Waals surface area contributed by atoms with Crippen molar-refractivity contribution in [3.05, 3.63) is 30.3 Å². The van der Waals surface area contributed by atoms with E-state index in [4.69, 9.17) is 0 Å². The summed E-state index contributed by atoms with van der Waals surface area (Å²) in [5.74, 6) is 2.98. The van der Waals surface area contributed by atoms with E-state index in [-0.39, 0.29) is 0 Å². The molecule has 0 aliphatic rings. The first-order valence-electron chi connectivity index (χ1n) is 3.82. The molecule has 0 aliphatic heterocycles. The van der Waals surface area contributed by atoms with Gasteiger partial charge in [0, 0.05) is 0 Å². The molecule has 1 atom stereocenters. The van der Waals surface area contributed by atoms with Crippen molar-refractivity contribution in [2.75, 3.05) is 0 Å². The van der Waals surface area contributed by atoms with Crippen LogP contribution < -0.4 is 5.19 Å². The molecule has 0 radical (unpaired) electrons. The van der Waals surface area contributed by atoms with Crippen molar-refractivity contribution in [1.29, 1.82) is 0 Å². The summed E-state index contributed by atoms with van der Waals surface area (Å²) in [6.07, 6.45) is 0. The highest BCUT2D eigenvalue weighted by atomic mass is 28.3. The summed E-state index contributed by atoms with van der Waals surface area (Å²) in [4.78, 5) is 0. The molecule has 1 rings (SSSR count). The second-order valence-electron chi connectivity index (χ2n) is 2.53. The van der Waals surface area contributed by atoms with E-state index in [1.165, 1.54) is 5.19 Å². The Balaban J connectivity index is 2.82. The zero-order valence-corrected chi connectivity index (χ0v) is 8.12. The number of hydrogen-bond donors (Lipinski definition) is 0. The molecule has 0 amide bonds. The first-order valence-corrected chi connectivity index (χ1v) is 6.12. The van der Waals surface area contributed by atoms with Crippen LogP contribution in [0, 0.1) is 11.5 Å². The van der Waals surface area contributed by atoms with Gasteiger partial charge in [-0.15, -0.1) is 11.5 Å². The number of rotatable bonds is 1. The Labute approximate surface area is 69.9 Å². The Hall–Kier alpha value is -1.00. The SMILES string of the molecule is CC#C[SiH](C)c1ccccc1. The van der Waals surface area contributed by atoms with E-state index in [0.29, 0.717) is 0 Å². The molecule has 1 heteroatoms. The fourth-order valence-corrected chi connectivity index (χ4v) is 2.44. The first-order chi connectivity index (χ1) is 5.34. The van der Waals surface area contributed by atoms with Crippen molar-refractivity contribution in [2.45, 2.75) is 13.5 Å². The molecule has 0 spiro atoms. The molecular formula is C10H12Si. The lowest BCUT2D eigenvalue weighted by Gasteiger charge is -1.99. The zero-order chi connectivity index (χ0) is 8.10. The molecular weight excluding hydrogens is 148 g/mol. The molecule has 56 valence electrons. The Morgan fingerprint density at radius 1 is 1.18 bits per heavy atom. The van der Waals surface area contributed by atoms with E-state index in [1.807, 2.05) is 13.0 Å². The highest BCUT2D eigenvalue weighted by Gasteiger charge is 2.00. The summed E-state index contributed by atoms with van der Waals surface area (Å²) in [5.41, 5.74) is 3.25. The second-order valence-corrected chi connectivity index (χ2v) is 4.93. The third-order valence-corrected chi connectivity index (χ3v) is 3.77. The zero-order valence-electron chi connectivity index (χ0n) is 6.96. The van der Waals surface area contributed by atoms with Crippen molar-refractivity contribution >= 4 is 14.0 Å². The molecule has 1 aromatic carbocycles. The van der Waals surface area contributed by atoms with Gasteiger partial charge in [-0.05, 0) is 12.1 Å². The number of benzene rings is 1. The van der Waals surface area contributed by atoms with Gasteiger partial charge in [0.1, 0.15) is 8.80 Å². The van der Waals surface area contributed by atoms with Gasteiger partial charge in [0.2, 0.25) is 0 Å². The maximum atomic E-state index is 3.25. The highest BCUT2D eigenvalue weighted by molar-refractivity contribution is 6.79.